The van der Waals surface area contributed by atoms with Gasteiger partial charge in [0.2, 0.25) is 0 Å². The summed E-state index contributed by atoms with van der Waals surface area (Å²) in [7, 11) is 0. The van der Waals surface area contributed by atoms with Crippen LogP contribution in [0.3, 0.4) is 0 Å². The third-order valence-electron chi connectivity index (χ3n) is 3.84. The summed E-state index contributed by atoms with van der Waals surface area (Å²) in [5.74, 6) is 0.946. The third kappa shape index (κ3) is 4.11. The van der Waals surface area contributed by atoms with Crippen LogP contribution in [0.5, 0.6) is 0 Å². The van der Waals surface area contributed by atoms with Crippen LogP contribution >= 0.6 is 0 Å². The van der Waals surface area contributed by atoms with Crippen molar-refractivity contribution in [1.29, 1.82) is 0 Å². The van der Waals surface area contributed by atoms with Gasteiger partial charge in [-0.25, -0.2) is 0 Å². The molecular formula is C16H25NO. The number of ether oxygens (including phenoxy) is 1. The van der Waals surface area contributed by atoms with Crippen LogP contribution < -0.4 is 5.32 Å². The van der Waals surface area contributed by atoms with E-state index in [4.69, 9.17) is 4.74 Å². The average molecular weight is 247 g/mol. The highest BCUT2D eigenvalue weighted by Crippen LogP contribution is 2.29. The fourth-order valence-electron chi connectivity index (χ4n) is 2.34. The minimum Gasteiger partial charge on any atom is -0.377 e. The largest absolute Gasteiger partial charge is 0.377 e. The van der Waals surface area contributed by atoms with Crippen LogP contribution in [0, 0.1) is 5.92 Å². The van der Waals surface area contributed by atoms with E-state index in [1.807, 2.05) is 0 Å². The first kappa shape index (κ1) is 13.6. The Kier molecular flexibility index (Phi) is 5.69. The molecule has 0 atom stereocenters. The quantitative estimate of drug-likeness (QED) is 0.710. The lowest BCUT2D eigenvalue weighted by Crippen LogP contribution is -2.15. The van der Waals surface area contributed by atoms with Crippen molar-refractivity contribution in [2.24, 2.45) is 5.92 Å². The summed E-state index contributed by atoms with van der Waals surface area (Å²) < 4.78 is 5.82. The summed E-state index contributed by atoms with van der Waals surface area (Å²) in [6.07, 6.45) is 5.51. The van der Waals surface area contributed by atoms with Crippen molar-refractivity contribution in [2.45, 2.75) is 45.8 Å². The fraction of sp³-hybridized carbons (Fsp3) is 0.625. The molecule has 1 aromatic carbocycles. The molecule has 0 aliphatic heterocycles. The summed E-state index contributed by atoms with van der Waals surface area (Å²) in [6, 6.07) is 8.56. The predicted molar refractivity (Wildman–Crippen MR) is 75.4 cm³/mol. The van der Waals surface area contributed by atoms with Crippen molar-refractivity contribution in [2.75, 3.05) is 13.2 Å². The lowest BCUT2D eigenvalue weighted by Gasteiger charge is -2.24. The van der Waals surface area contributed by atoms with Crippen LogP contribution in [0.2, 0.25) is 0 Å². The summed E-state index contributed by atoms with van der Waals surface area (Å²) in [5, 5.41) is 3.38. The number of nitrogens with one attached hydrogen (secondary N) is 1. The van der Waals surface area contributed by atoms with E-state index in [0.717, 1.165) is 32.2 Å². The molecule has 1 N–H and O–H groups in total. The first-order valence-corrected chi connectivity index (χ1v) is 7.25. The van der Waals surface area contributed by atoms with Crippen LogP contribution in [-0.4, -0.2) is 13.2 Å². The Morgan fingerprint density at radius 1 is 1.22 bits per heavy atom. The summed E-state index contributed by atoms with van der Waals surface area (Å²) in [6.45, 7) is 5.77. The van der Waals surface area contributed by atoms with Gasteiger partial charge in [0.15, 0.2) is 0 Å². The summed E-state index contributed by atoms with van der Waals surface area (Å²) in [5.41, 5.74) is 2.69. The van der Waals surface area contributed by atoms with Crippen LogP contribution in [0.4, 0.5) is 0 Å². The normalized spacial score (nSPS) is 15.6. The molecule has 18 heavy (non-hydrogen) atoms. The summed E-state index contributed by atoms with van der Waals surface area (Å²) in [4.78, 5) is 0. The molecule has 0 radical (unpaired) electrons. The first-order valence-electron chi connectivity index (χ1n) is 7.25. The van der Waals surface area contributed by atoms with Gasteiger partial charge in [0, 0.05) is 13.2 Å². The molecule has 0 spiro atoms. The van der Waals surface area contributed by atoms with Crippen molar-refractivity contribution in [3.63, 3.8) is 0 Å². The van der Waals surface area contributed by atoms with E-state index >= 15 is 0 Å². The van der Waals surface area contributed by atoms with Gasteiger partial charge in [0.25, 0.3) is 0 Å². The first-order chi connectivity index (χ1) is 8.90. The molecule has 2 nitrogen and oxygen atoms in total. The van der Waals surface area contributed by atoms with Gasteiger partial charge in [0.05, 0.1) is 6.61 Å². The van der Waals surface area contributed by atoms with Crippen LogP contribution in [-0.2, 0) is 17.9 Å². The van der Waals surface area contributed by atoms with Crippen molar-refractivity contribution >= 4 is 0 Å². The molecule has 0 aromatic heterocycles. The lowest BCUT2D eigenvalue weighted by atomic mass is 9.83. The molecule has 0 amide bonds. The zero-order valence-electron chi connectivity index (χ0n) is 11.5. The molecule has 0 bridgehead atoms. The Bertz CT molecular complexity index is 347. The van der Waals surface area contributed by atoms with Gasteiger partial charge in [-0.3, -0.25) is 0 Å². The Morgan fingerprint density at radius 2 is 2.00 bits per heavy atom. The van der Waals surface area contributed by atoms with Crippen LogP contribution in [0.1, 0.15) is 43.7 Å². The van der Waals surface area contributed by atoms with Gasteiger partial charge in [-0.05, 0) is 30.0 Å². The van der Waals surface area contributed by atoms with E-state index in [-0.39, 0.29) is 0 Å². The second kappa shape index (κ2) is 7.55. The maximum atomic E-state index is 5.82. The minimum absolute atomic E-state index is 0.758. The lowest BCUT2D eigenvalue weighted by molar-refractivity contribution is 0.0945. The van der Waals surface area contributed by atoms with Gasteiger partial charge in [-0.2, -0.15) is 0 Å². The highest BCUT2D eigenvalue weighted by molar-refractivity contribution is 5.26. The Balaban J connectivity index is 1.72. The zero-order chi connectivity index (χ0) is 12.6. The van der Waals surface area contributed by atoms with Gasteiger partial charge in [-0.1, -0.05) is 50.5 Å². The minimum atomic E-state index is 0.758. The standard InChI is InChI=1S/C16H25NO/c1-2-17-12-15-8-3-4-9-16(15)13-18-11-10-14-6-5-7-14/h3-4,8-9,14,17H,2,5-7,10-13H2,1H3. The molecule has 0 heterocycles. The molecule has 1 aliphatic rings. The third-order valence-corrected chi connectivity index (χ3v) is 3.84. The molecule has 1 aliphatic carbocycles. The van der Waals surface area contributed by atoms with Gasteiger partial charge >= 0.3 is 0 Å². The molecule has 0 unspecified atom stereocenters. The van der Waals surface area contributed by atoms with E-state index in [2.05, 4.69) is 36.5 Å². The van der Waals surface area contributed by atoms with E-state index in [0.29, 0.717) is 0 Å². The number of hydrogen-bond acceptors (Lipinski definition) is 2. The monoisotopic (exact) mass is 247 g/mol. The average Bonchev–Trinajstić information content (AvgIpc) is 2.35. The van der Waals surface area contributed by atoms with Crippen molar-refractivity contribution in [1.82, 2.24) is 5.32 Å². The molecule has 1 aromatic rings. The van der Waals surface area contributed by atoms with E-state index in [9.17, 15) is 0 Å². The predicted octanol–water partition coefficient (Wildman–Crippen LogP) is 3.50. The Hall–Kier alpha value is -0.860. The highest BCUT2D eigenvalue weighted by atomic mass is 16.5. The molecule has 2 heteroatoms. The van der Waals surface area contributed by atoms with Gasteiger partial charge in [0.1, 0.15) is 0 Å². The number of hydrogen-bond donors (Lipinski definition) is 1. The van der Waals surface area contributed by atoms with Crippen LogP contribution in [0.15, 0.2) is 24.3 Å². The highest BCUT2D eigenvalue weighted by Gasteiger charge is 2.16. The maximum absolute atomic E-state index is 5.82. The molecule has 1 saturated carbocycles. The number of rotatable bonds is 8. The maximum Gasteiger partial charge on any atom is 0.0720 e. The topological polar surface area (TPSA) is 21.3 Å². The van der Waals surface area contributed by atoms with Gasteiger partial charge < -0.3 is 10.1 Å². The zero-order valence-corrected chi connectivity index (χ0v) is 11.5. The van der Waals surface area contributed by atoms with Crippen molar-refractivity contribution < 1.29 is 4.74 Å². The fourth-order valence-corrected chi connectivity index (χ4v) is 2.34. The van der Waals surface area contributed by atoms with E-state index in [1.54, 1.807) is 0 Å². The smallest absolute Gasteiger partial charge is 0.0720 e. The molecule has 100 valence electrons. The summed E-state index contributed by atoms with van der Waals surface area (Å²) >= 11 is 0. The number of benzene rings is 1. The Labute approximate surface area is 111 Å². The SMILES string of the molecule is CCNCc1ccccc1COCCC1CCC1. The second-order valence-corrected chi connectivity index (χ2v) is 5.19. The molecule has 2 rings (SSSR count). The second-order valence-electron chi connectivity index (χ2n) is 5.19. The van der Waals surface area contributed by atoms with Crippen LogP contribution in [0.25, 0.3) is 0 Å². The Morgan fingerprint density at radius 3 is 2.67 bits per heavy atom. The molecule has 0 saturated heterocycles. The van der Waals surface area contributed by atoms with E-state index in [1.165, 1.54) is 36.8 Å². The van der Waals surface area contributed by atoms with Gasteiger partial charge in [-0.15, -0.1) is 0 Å². The molecular weight excluding hydrogens is 222 g/mol. The van der Waals surface area contributed by atoms with E-state index < -0.39 is 0 Å². The van der Waals surface area contributed by atoms with Crippen molar-refractivity contribution in [3.8, 4) is 0 Å². The molecule has 1 fully saturated rings. The van der Waals surface area contributed by atoms with Crippen molar-refractivity contribution in [3.05, 3.63) is 35.4 Å².